The lowest BCUT2D eigenvalue weighted by Gasteiger charge is -2.37. The summed E-state index contributed by atoms with van der Waals surface area (Å²) in [5.74, 6) is 0.965. The molecule has 4 heteroatoms. The summed E-state index contributed by atoms with van der Waals surface area (Å²) in [6.07, 6.45) is 5.35. The van der Waals surface area contributed by atoms with Crippen LogP contribution in [0.2, 0.25) is 0 Å². The highest BCUT2D eigenvalue weighted by Crippen LogP contribution is 2.29. The summed E-state index contributed by atoms with van der Waals surface area (Å²) in [5.41, 5.74) is 2.27. The maximum Gasteiger partial charge on any atom is 0.157 e. The van der Waals surface area contributed by atoms with Crippen molar-refractivity contribution in [1.29, 1.82) is 0 Å². The summed E-state index contributed by atoms with van der Waals surface area (Å²) >= 11 is 0. The zero-order valence-corrected chi connectivity index (χ0v) is 11.5. The number of hydrogen-bond acceptors (Lipinski definition) is 4. The predicted octanol–water partition coefficient (Wildman–Crippen LogP) is 2.36. The van der Waals surface area contributed by atoms with Gasteiger partial charge in [0.05, 0.1) is 0 Å². The second-order valence-electron chi connectivity index (χ2n) is 5.63. The van der Waals surface area contributed by atoms with Gasteiger partial charge in [-0.1, -0.05) is 5.16 Å². The summed E-state index contributed by atoms with van der Waals surface area (Å²) in [6.45, 7) is 8.97. The average molecular weight is 249 g/mol. The van der Waals surface area contributed by atoms with Crippen LogP contribution in [0, 0.1) is 13.8 Å². The summed E-state index contributed by atoms with van der Waals surface area (Å²) in [5, 5.41) is 4.06. The molecule has 0 unspecified atom stereocenters. The van der Waals surface area contributed by atoms with Gasteiger partial charge in [0.25, 0.3) is 0 Å². The monoisotopic (exact) mass is 249 g/mol. The van der Waals surface area contributed by atoms with Crippen molar-refractivity contribution in [2.24, 2.45) is 0 Å². The van der Waals surface area contributed by atoms with Crippen molar-refractivity contribution < 1.29 is 4.52 Å². The number of nitrogens with zero attached hydrogens (tertiary/aromatic N) is 3. The van der Waals surface area contributed by atoms with E-state index in [-0.39, 0.29) is 0 Å². The van der Waals surface area contributed by atoms with Crippen molar-refractivity contribution in [3.05, 3.63) is 11.5 Å². The van der Waals surface area contributed by atoms with E-state index in [0.29, 0.717) is 0 Å². The van der Waals surface area contributed by atoms with Crippen LogP contribution < -0.4 is 4.90 Å². The third-order valence-corrected chi connectivity index (χ3v) is 4.43. The predicted molar refractivity (Wildman–Crippen MR) is 72.0 cm³/mol. The topological polar surface area (TPSA) is 32.5 Å². The van der Waals surface area contributed by atoms with Crippen LogP contribution >= 0.6 is 0 Å². The van der Waals surface area contributed by atoms with E-state index in [2.05, 4.69) is 15.0 Å². The van der Waals surface area contributed by atoms with Crippen LogP contribution in [-0.4, -0.2) is 42.3 Å². The van der Waals surface area contributed by atoms with E-state index in [0.717, 1.165) is 30.6 Å². The van der Waals surface area contributed by atoms with Gasteiger partial charge in [0, 0.05) is 19.1 Å². The molecule has 0 saturated carbocycles. The molecule has 100 valence electrons. The molecule has 0 amide bonds. The quantitative estimate of drug-likeness (QED) is 0.805. The standard InChI is InChI=1S/C14H23N3O/c1-11-14(12(2)18-15-11)17-9-5-13(6-10-17)16-7-3-4-8-16/h13H,3-10H2,1-2H3. The van der Waals surface area contributed by atoms with Crippen molar-refractivity contribution in [2.75, 3.05) is 31.1 Å². The van der Waals surface area contributed by atoms with Crippen LogP contribution in [0.4, 0.5) is 5.69 Å². The minimum atomic E-state index is 0.809. The largest absolute Gasteiger partial charge is 0.367 e. The van der Waals surface area contributed by atoms with E-state index in [9.17, 15) is 0 Å². The molecule has 1 aromatic heterocycles. The summed E-state index contributed by atoms with van der Waals surface area (Å²) in [6, 6.07) is 0.809. The van der Waals surface area contributed by atoms with E-state index in [4.69, 9.17) is 4.52 Å². The van der Waals surface area contributed by atoms with E-state index >= 15 is 0 Å². The Kier molecular flexibility index (Phi) is 3.29. The number of likely N-dealkylation sites (tertiary alicyclic amines) is 1. The van der Waals surface area contributed by atoms with Gasteiger partial charge in [0.15, 0.2) is 5.76 Å². The van der Waals surface area contributed by atoms with Crippen LogP contribution in [-0.2, 0) is 0 Å². The fourth-order valence-corrected chi connectivity index (χ4v) is 3.49. The molecule has 4 nitrogen and oxygen atoms in total. The number of piperidine rings is 1. The Morgan fingerprint density at radius 1 is 1.06 bits per heavy atom. The first-order valence-corrected chi connectivity index (χ1v) is 7.17. The highest BCUT2D eigenvalue weighted by atomic mass is 16.5. The molecule has 0 aliphatic carbocycles. The molecule has 2 aliphatic heterocycles. The average Bonchev–Trinajstić information content (AvgIpc) is 3.01. The van der Waals surface area contributed by atoms with Crippen LogP contribution in [0.5, 0.6) is 0 Å². The smallest absolute Gasteiger partial charge is 0.157 e. The molecule has 0 radical (unpaired) electrons. The Morgan fingerprint density at radius 3 is 2.28 bits per heavy atom. The summed E-state index contributed by atoms with van der Waals surface area (Å²) < 4.78 is 5.27. The van der Waals surface area contributed by atoms with Crippen LogP contribution in [0.1, 0.15) is 37.1 Å². The van der Waals surface area contributed by atoms with Crippen molar-refractivity contribution in [1.82, 2.24) is 10.1 Å². The zero-order valence-electron chi connectivity index (χ0n) is 11.5. The molecular formula is C14H23N3O. The number of aryl methyl sites for hydroxylation is 2. The van der Waals surface area contributed by atoms with Gasteiger partial charge in [0.2, 0.25) is 0 Å². The fourth-order valence-electron chi connectivity index (χ4n) is 3.49. The van der Waals surface area contributed by atoms with Crippen molar-refractivity contribution >= 4 is 5.69 Å². The molecular weight excluding hydrogens is 226 g/mol. The number of hydrogen-bond donors (Lipinski definition) is 0. The molecule has 2 saturated heterocycles. The van der Waals surface area contributed by atoms with Gasteiger partial charge in [-0.3, -0.25) is 0 Å². The van der Waals surface area contributed by atoms with Crippen LogP contribution in [0.15, 0.2) is 4.52 Å². The molecule has 0 bridgehead atoms. The molecule has 18 heavy (non-hydrogen) atoms. The molecule has 3 rings (SSSR count). The lowest BCUT2D eigenvalue weighted by atomic mass is 10.0. The third-order valence-electron chi connectivity index (χ3n) is 4.43. The van der Waals surface area contributed by atoms with Gasteiger partial charge >= 0.3 is 0 Å². The molecule has 2 fully saturated rings. The Balaban J connectivity index is 1.63. The first-order chi connectivity index (χ1) is 8.75. The highest BCUT2D eigenvalue weighted by molar-refractivity contribution is 5.53. The van der Waals surface area contributed by atoms with Crippen LogP contribution in [0.3, 0.4) is 0 Å². The minimum Gasteiger partial charge on any atom is -0.367 e. The molecule has 3 heterocycles. The SMILES string of the molecule is Cc1noc(C)c1N1CCC(N2CCCC2)CC1. The maximum absolute atomic E-state index is 5.27. The number of anilines is 1. The molecule has 2 aliphatic rings. The Morgan fingerprint density at radius 2 is 1.72 bits per heavy atom. The van der Waals surface area contributed by atoms with E-state index in [1.807, 2.05) is 13.8 Å². The Bertz CT molecular complexity index is 382. The Labute approximate surface area is 109 Å². The van der Waals surface area contributed by atoms with E-state index < -0.39 is 0 Å². The number of rotatable bonds is 2. The first kappa shape index (κ1) is 12.0. The summed E-state index contributed by atoms with van der Waals surface area (Å²) in [4.78, 5) is 5.14. The fraction of sp³-hybridized carbons (Fsp3) is 0.786. The van der Waals surface area contributed by atoms with Gasteiger partial charge in [-0.25, -0.2) is 0 Å². The van der Waals surface area contributed by atoms with E-state index in [1.165, 1.54) is 44.5 Å². The highest BCUT2D eigenvalue weighted by Gasteiger charge is 2.28. The lowest BCUT2D eigenvalue weighted by Crippen LogP contribution is -2.44. The molecule has 0 aromatic carbocycles. The second kappa shape index (κ2) is 4.92. The van der Waals surface area contributed by atoms with Crippen molar-refractivity contribution in [3.8, 4) is 0 Å². The van der Waals surface area contributed by atoms with Gasteiger partial charge in [-0.05, 0) is 52.6 Å². The normalized spacial score (nSPS) is 22.9. The van der Waals surface area contributed by atoms with Gasteiger partial charge in [0.1, 0.15) is 11.4 Å². The lowest BCUT2D eigenvalue weighted by molar-refractivity contribution is 0.208. The molecule has 0 spiro atoms. The molecule has 0 N–H and O–H groups in total. The summed E-state index contributed by atoms with van der Waals surface area (Å²) in [7, 11) is 0. The molecule has 0 atom stereocenters. The Hall–Kier alpha value is -1.03. The van der Waals surface area contributed by atoms with Crippen molar-refractivity contribution in [2.45, 2.75) is 45.6 Å². The molecule has 1 aromatic rings. The maximum atomic E-state index is 5.27. The second-order valence-corrected chi connectivity index (χ2v) is 5.63. The minimum absolute atomic E-state index is 0.809. The van der Waals surface area contributed by atoms with E-state index in [1.54, 1.807) is 0 Å². The van der Waals surface area contributed by atoms with Crippen molar-refractivity contribution in [3.63, 3.8) is 0 Å². The van der Waals surface area contributed by atoms with Gasteiger partial charge in [-0.15, -0.1) is 0 Å². The van der Waals surface area contributed by atoms with Crippen LogP contribution in [0.25, 0.3) is 0 Å². The van der Waals surface area contributed by atoms with Gasteiger partial charge < -0.3 is 14.3 Å². The first-order valence-electron chi connectivity index (χ1n) is 7.17. The third kappa shape index (κ3) is 2.14. The zero-order chi connectivity index (χ0) is 12.5. The number of aromatic nitrogens is 1. The van der Waals surface area contributed by atoms with Gasteiger partial charge in [-0.2, -0.15) is 0 Å².